The van der Waals surface area contributed by atoms with E-state index in [2.05, 4.69) is 5.28 Å². The molecule has 2 aromatic carbocycles. The maximum absolute atomic E-state index is 9.63. The summed E-state index contributed by atoms with van der Waals surface area (Å²) in [7, 11) is 0. The summed E-state index contributed by atoms with van der Waals surface area (Å²) >= 11 is 0. The Morgan fingerprint density at radius 3 is 2.11 bits per heavy atom. The van der Waals surface area contributed by atoms with Gasteiger partial charge in [0, 0.05) is 0 Å². The Labute approximate surface area is 109 Å². The van der Waals surface area contributed by atoms with Gasteiger partial charge in [0.2, 0.25) is 0 Å². The summed E-state index contributed by atoms with van der Waals surface area (Å²) in [4.78, 5) is 0.316. The summed E-state index contributed by atoms with van der Waals surface area (Å²) in [6.45, 7) is 0. The molecule has 0 aliphatic rings. The highest BCUT2D eigenvalue weighted by molar-refractivity contribution is 5.60. The van der Waals surface area contributed by atoms with Gasteiger partial charge in [-0.3, -0.25) is 0 Å². The molecule has 0 unspecified atom stereocenters. The predicted molar refractivity (Wildman–Crippen MR) is 66.0 cm³/mol. The second kappa shape index (κ2) is 5.51. The second-order valence-corrected chi connectivity index (χ2v) is 3.66. The quantitative estimate of drug-likeness (QED) is 0.502. The first-order chi connectivity index (χ1) is 9.26. The average Bonchev–Trinajstić information content (AvgIpc) is 2.49. The van der Waals surface area contributed by atoms with Crippen LogP contribution in [0.25, 0.3) is 0 Å². The van der Waals surface area contributed by atoms with E-state index in [1.54, 1.807) is 48.5 Å². The van der Waals surface area contributed by atoms with E-state index in [9.17, 15) is 5.21 Å². The second-order valence-electron chi connectivity index (χ2n) is 3.66. The van der Waals surface area contributed by atoms with Crippen LogP contribution in [0.2, 0.25) is 0 Å². The van der Waals surface area contributed by atoms with Crippen molar-refractivity contribution in [1.29, 1.82) is 5.26 Å². The molecule has 2 N–H and O–H groups in total. The molecular weight excluding hydrogens is 244 g/mol. The smallest absolute Gasteiger partial charge is 0.272 e. The lowest BCUT2D eigenvalue weighted by Crippen LogP contribution is -2.27. The van der Waals surface area contributed by atoms with Gasteiger partial charge >= 0.3 is 0 Å². The molecule has 6 heteroatoms. The summed E-state index contributed by atoms with van der Waals surface area (Å²) < 4.78 is 0. The molecule has 0 radical (unpaired) electrons. The minimum absolute atomic E-state index is 0.316. The molecule has 0 heterocycles. The highest BCUT2D eigenvalue weighted by Gasteiger charge is 2.23. The summed E-state index contributed by atoms with van der Waals surface area (Å²) in [5.41, 5.74) is 1.65. The zero-order valence-corrected chi connectivity index (χ0v) is 9.88. The number of nitriles is 1. The molecule has 0 fully saturated rings. The molecular formula is C13H11N4O2+. The lowest BCUT2D eigenvalue weighted by molar-refractivity contribution is -0.838. The van der Waals surface area contributed by atoms with Crippen LogP contribution in [0.3, 0.4) is 0 Å². The normalized spacial score (nSPS) is 10.8. The van der Waals surface area contributed by atoms with Gasteiger partial charge in [-0.15, -0.1) is 0 Å². The first kappa shape index (κ1) is 12.4. The molecule has 2 aromatic rings. The predicted octanol–water partition coefficient (Wildman–Crippen LogP) is 2.85. The summed E-state index contributed by atoms with van der Waals surface area (Å²) in [5, 5.41) is 31.1. The van der Waals surface area contributed by atoms with Crippen molar-refractivity contribution in [3.63, 3.8) is 0 Å². The molecule has 19 heavy (non-hydrogen) atoms. The van der Waals surface area contributed by atoms with Gasteiger partial charge in [-0.25, -0.2) is 5.21 Å². The van der Waals surface area contributed by atoms with E-state index < -0.39 is 0 Å². The van der Waals surface area contributed by atoms with Crippen LogP contribution in [-0.4, -0.2) is 15.4 Å². The SMILES string of the molecule is N#Cc1ccc(N(c2ccccc2)[N+](O)=NO)cc1. The van der Waals surface area contributed by atoms with Gasteiger partial charge < -0.3 is 5.21 Å². The van der Waals surface area contributed by atoms with Crippen LogP contribution in [0.1, 0.15) is 5.56 Å². The van der Waals surface area contributed by atoms with Gasteiger partial charge in [-0.1, -0.05) is 18.2 Å². The van der Waals surface area contributed by atoms with Crippen LogP contribution in [0.5, 0.6) is 0 Å². The lowest BCUT2D eigenvalue weighted by atomic mass is 10.2. The molecule has 2 rings (SSSR count). The van der Waals surface area contributed by atoms with E-state index in [0.717, 1.165) is 0 Å². The van der Waals surface area contributed by atoms with E-state index in [1.807, 2.05) is 12.1 Å². The van der Waals surface area contributed by atoms with Crippen molar-refractivity contribution in [1.82, 2.24) is 0 Å². The molecule has 0 atom stereocenters. The molecule has 0 aliphatic carbocycles. The number of para-hydroxylation sites is 1. The number of rotatable bonds is 3. The average molecular weight is 255 g/mol. The molecule has 0 bridgehead atoms. The summed E-state index contributed by atoms with van der Waals surface area (Å²) in [6.07, 6.45) is 0. The van der Waals surface area contributed by atoms with Gasteiger partial charge in [0.15, 0.2) is 0 Å². The zero-order valence-electron chi connectivity index (χ0n) is 9.88. The molecule has 0 saturated carbocycles. The minimum atomic E-state index is 0.316. The van der Waals surface area contributed by atoms with Crippen molar-refractivity contribution in [2.24, 2.45) is 5.28 Å². The number of hydrogen-bond donors (Lipinski definition) is 2. The van der Waals surface area contributed by atoms with Gasteiger partial charge in [-0.2, -0.15) is 5.26 Å². The molecule has 94 valence electrons. The number of anilines is 2. The van der Waals surface area contributed by atoms with Crippen LogP contribution in [0.15, 0.2) is 59.9 Å². The monoisotopic (exact) mass is 255 g/mol. The van der Waals surface area contributed by atoms with E-state index >= 15 is 0 Å². The minimum Gasteiger partial charge on any atom is -0.357 e. The van der Waals surface area contributed by atoms with Crippen molar-refractivity contribution in [2.45, 2.75) is 0 Å². The third-order valence-corrected chi connectivity index (χ3v) is 2.50. The Kier molecular flexibility index (Phi) is 3.59. The fourth-order valence-electron chi connectivity index (χ4n) is 1.64. The summed E-state index contributed by atoms with van der Waals surface area (Å²) in [5.74, 6) is 0. The Bertz CT molecular complexity index is 617. The Morgan fingerprint density at radius 2 is 1.58 bits per heavy atom. The van der Waals surface area contributed by atoms with E-state index in [-0.39, 0.29) is 0 Å². The third kappa shape index (κ3) is 2.61. The lowest BCUT2D eigenvalue weighted by Gasteiger charge is -2.12. The van der Waals surface area contributed by atoms with Gasteiger partial charge in [0.05, 0.1) is 11.6 Å². The summed E-state index contributed by atoms with van der Waals surface area (Å²) in [6, 6.07) is 17.4. The number of hydrazine groups is 1. The van der Waals surface area contributed by atoms with Crippen molar-refractivity contribution in [3.05, 3.63) is 60.2 Å². The Morgan fingerprint density at radius 1 is 1.00 bits per heavy atom. The molecule has 0 aromatic heterocycles. The number of hydrogen-bond acceptors (Lipinski definition) is 2. The zero-order chi connectivity index (χ0) is 13.7. The van der Waals surface area contributed by atoms with E-state index in [0.29, 0.717) is 21.9 Å². The molecule has 0 amide bonds. The molecule has 0 spiro atoms. The topological polar surface area (TPSA) is 82.9 Å². The first-order valence-electron chi connectivity index (χ1n) is 5.45. The number of benzene rings is 2. The maximum Gasteiger partial charge on any atom is 0.272 e. The Hall–Kier alpha value is -3.07. The Balaban J connectivity index is 2.47. The van der Waals surface area contributed by atoms with Gasteiger partial charge in [0.25, 0.3) is 10.2 Å². The van der Waals surface area contributed by atoms with Gasteiger partial charge in [0.1, 0.15) is 11.4 Å². The third-order valence-electron chi connectivity index (χ3n) is 2.50. The van der Waals surface area contributed by atoms with Crippen molar-refractivity contribution >= 4 is 11.4 Å². The maximum atomic E-state index is 9.63. The highest BCUT2D eigenvalue weighted by Crippen LogP contribution is 2.25. The fraction of sp³-hybridized carbons (Fsp3) is 0. The van der Waals surface area contributed by atoms with E-state index in [1.165, 1.54) is 5.01 Å². The fourth-order valence-corrected chi connectivity index (χ4v) is 1.64. The largest absolute Gasteiger partial charge is 0.357 e. The van der Waals surface area contributed by atoms with E-state index in [4.69, 9.17) is 10.5 Å². The van der Waals surface area contributed by atoms with Crippen molar-refractivity contribution in [3.8, 4) is 6.07 Å². The molecule has 0 saturated heterocycles. The van der Waals surface area contributed by atoms with Crippen LogP contribution in [-0.2, 0) is 0 Å². The van der Waals surface area contributed by atoms with Crippen LogP contribution in [0, 0.1) is 11.3 Å². The number of nitrogens with zero attached hydrogens (tertiary/aromatic N) is 4. The van der Waals surface area contributed by atoms with Gasteiger partial charge in [-0.05, 0) is 41.4 Å². The first-order valence-corrected chi connectivity index (χ1v) is 5.45. The van der Waals surface area contributed by atoms with Crippen LogP contribution in [0.4, 0.5) is 11.4 Å². The van der Waals surface area contributed by atoms with Crippen molar-refractivity contribution < 1.29 is 15.4 Å². The highest BCUT2D eigenvalue weighted by atomic mass is 16.6. The molecule has 0 aliphatic heterocycles. The van der Waals surface area contributed by atoms with Crippen molar-refractivity contribution in [2.75, 3.05) is 5.01 Å². The standard InChI is InChI=1S/C13H10N4O2/c14-10-11-6-8-13(9-7-11)16(17(19)15-18)12-4-2-1-3-5-12/h1-9,19H/p+1. The van der Waals surface area contributed by atoms with Crippen LogP contribution < -0.4 is 5.01 Å². The van der Waals surface area contributed by atoms with Crippen LogP contribution >= 0.6 is 0 Å². The molecule has 6 nitrogen and oxygen atoms in total.